The van der Waals surface area contributed by atoms with E-state index in [0.29, 0.717) is 24.5 Å². The maximum absolute atomic E-state index is 12.8. The lowest BCUT2D eigenvalue weighted by molar-refractivity contribution is -0.0389. The van der Waals surface area contributed by atoms with E-state index in [2.05, 4.69) is 4.98 Å². The number of nitrogens with zero attached hydrogens (tertiary/aromatic N) is 3. The van der Waals surface area contributed by atoms with Crippen LogP contribution in [-0.4, -0.2) is 45.5 Å². The van der Waals surface area contributed by atoms with Gasteiger partial charge < -0.3 is 9.64 Å². The van der Waals surface area contributed by atoms with Gasteiger partial charge in [-0.15, -0.1) is 0 Å². The summed E-state index contributed by atoms with van der Waals surface area (Å²) in [4.78, 5) is 18.8. The SMILES string of the molecule is C[C@@H]1CN(C(=O)c2c(Cl)nc3ccccn23)[C@H](C)CO1. The highest BCUT2D eigenvalue weighted by Gasteiger charge is 2.31. The summed E-state index contributed by atoms with van der Waals surface area (Å²) in [6.07, 6.45) is 1.84. The van der Waals surface area contributed by atoms with Crippen LogP contribution in [0.4, 0.5) is 0 Å². The molecule has 2 aromatic heterocycles. The van der Waals surface area contributed by atoms with Gasteiger partial charge in [-0.05, 0) is 26.0 Å². The molecule has 0 aliphatic carbocycles. The molecule has 0 N–H and O–H groups in total. The number of fused-ring (bicyclic) bond motifs is 1. The van der Waals surface area contributed by atoms with E-state index >= 15 is 0 Å². The number of rotatable bonds is 1. The zero-order valence-corrected chi connectivity index (χ0v) is 12.2. The molecule has 1 amide bonds. The average molecular weight is 294 g/mol. The first-order chi connectivity index (χ1) is 9.58. The molecule has 0 radical (unpaired) electrons. The van der Waals surface area contributed by atoms with Gasteiger partial charge in [0.05, 0.1) is 18.8 Å². The minimum atomic E-state index is -0.101. The van der Waals surface area contributed by atoms with Crippen molar-refractivity contribution in [2.75, 3.05) is 13.2 Å². The Morgan fingerprint density at radius 3 is 3.05 bits per heavy atom. The summed E-state index contributed by atoms with van der Waals surface area (Å²) in [5, 5.41) is 0.243. The van der Waals surface area contributed by atoms with Gasteiger partial charge in [-0.2, -0.15) is 0 Å². The van der Waals surface area contributed by atoms with Crippen LogP contribution in [0.2, 0.25) is 5.15 Å². The molecule has 1 saturated heterocycles. The number of hydrogen-bond acceptors (Lipinski definition) is 3. The summed E-state index contributed by atoms with van der Waals surface area (Å²) in [6, 6.07) is 5.58. The van der Waals surface area contributed by atoms with E-state index in [9.17, 15) is 4.79 Å². The second kappa shape index (κ2) is 5.07. The van der Waals surface area contributed by atoms with Crippen LogP contribution in [0, 0.1) is 0 Å². The van der Waals surface area contributed by atoms with Gasteiger partial charge in [0, 0.05) is 12.7 Å². The molecule has 3 rings (SSSR count). The number of amides is 1. The molecule has 0 aromatic carbocycles. The maximum Gasteiger partial charge on any atom is 0.274 e. The first kappa shape index (κ1) is 13.4. The summed E-state index contributed by atoms with van der Waals surface area (Å²) in [5.74, 6) is -0.101. The van der Waals surface area contributed by atoms with Crippen LogP contribution < -0.4 is 0 Å². The van der Waals surface area contributed by atoms with E-state index in [-0.39, 0.29) is 23.2 Å². The van der Waals surface area contributed by atoms with Crippen LogP contribution in [-0.2, 0) is 4.74 Å². The normalized spacial score (nSPS) is 23.2. The van der Waals surface area contributed by atoms with Gasteiger partial charge in [0.15, 0.2) is 10.8 Å². The van der Waals surface area contributed by atoms with E-state index in [1.165, 1.54) is 0 Å². The quantitative estimate of drug-likeness (QED) is 0.810. The third kappa shape index (κ3) is 2.17. The van der Waals surface area contributed by atoms with Crippen LogP contribution in [0.5, 0.6) is 0 Å². The fraction of sp³-hybridized carbons (Fsp3) is 0.429. The second-order valence-corrected chi connectivity index (χ2v) is 5.49. The summed E-state index contributed by atoms with van der Waals surface area (Å²) >= 11 is 6.16. The van der Waals surface area contributed by atoms with E-state index < -0.39 is 0 Å². The van der Waals surface area contributed by atoms with Crippen molar-refractivity contribution < 1.29 is 9.53 Å². The van der Waals surface area contributed by atoms with Crippen molar-refractivity contribution in [3.8, 4) is 0 Å². The molecule has 2 atom stereocenters. The molecule has 106 valence electrons. The summed E-state index contributed by atoms with van der Waals surface area (Å²) in [6.45, 7) is 5.04. The number of halogens is 1. The molecule has 1 fully saturated rings. The van der Waals surface area contributed by atoms with Crippen LogP contribution in [0.3, 0.4) is 0 Å². The topological polar surface area (TPSA) is 46.8 Å². The Bertz CT molecular complexity index is 655. The van der Waals surface area contributed by atoms with Crippen molar-refractivity contribution >= 4 is 23.2 Å². The molecule has 0 saturated carbocycles. The summed E-state index contributed by atoms with van der Waals surface area (Å²) in [7, 11) is 0. The lowest BCUT2D eigenvalue weighted by Gasteiger charge is -2.36. The third-order valence-electron chi connectivity index (χ3n) is 3.56. The molecule has 20 heavy (non-hydrogen) atoms. The molecule has 0 spiro atoms. The molecule has 1 aliphatic rings. The monoisotopic (exact) mass is 293 g/mol. The predicted molar refractivity (Wildman–Crippen MR) is 76.1 cm³/mol. The van der Waals surface area contributed by atoms with Crippen molar-refractivity contribution in [1.82, 2.24) is 14.3 Å². The molecular weight excluding hydrogens is 278 g/mol. The maximum atomic E-state index is 12.8. The first-order valence-electron chi connectivity index (χ1n) is 6.63. The molecule has 0 bridgehead atoms. The standard InChI is InChI=1S/C14H16ClN3O2/c1-9-8-20-10(2)7-18(9)14(19)12-13(15)16-11-5-3-4-6-17(11)12/h3-6,9-10H,7-8H2,1-2H3/t9-,10-/m1/s1. The number of imidazole rings is 1. The van der Waals surface area contributed by atoms with Crippen molar-refractivity contribution in [2.45, 2.75) is 26.0 Å². The lowest BCUT2D eigenvalue weighted by atomic mass is 10.2. The number of pyridine rings is 1. The Labute approximate surface area is 122 Å². The van der Waals surface area contributed by atoms with Crippen LogP contribution in [0.15, 0.2) is 24.4 Å². The molecule has 2 aromatic rings. The van der Waals surface area contributed by atoms with E-state index in [4.69, 9.17) is 16.3 Å². The smallest absolute Gasteiger partial charge is 0.274 e. The molecule has 6 heteroatoms. The van der Waals surface area contributed by atoms with Crippen molar-refractivity contribution in [3.63, 3.8) is 0 Å². The fourth-order valence-corrected chi connectivity index (χ4v) is 2.74. The average Bonchev–Trinajstić information content (AvgIpc) is 2.76. The fourth-order valence-electron chi connectivity index (χ4n) is 2.48. The lowest BCUT2D eigenvalue weighted by Crippen LogP contribution is -2.50. The third-order valence-corrected chi connectivity index (χ3v) is 3.82. The Hall–Kier alpha value is -1.59. The zero-order chi connectivity index (χ0) is 14.3. The van der Waals surface area contributed by atoms with Gasteiger partial charge >= 0.3 is 0 Å². The number of carbonyl (C=O) groups excluding carboxylic acids is 1. The minimum Gasteiger partial charge on any atom is -0.375 e. The van der Waals surface area contributed by atoms with E-state index in [1.54, 1.807) is 15.5 Å². The highest BCUT2D eigenvalue weighted by molar-refractivity contribution is 6.32. The number of carbonyl (C=O) groups is 1. The highest BCUT2D eigenvalue weighted by atomic mass is 35.5. The predicted octanol–water partition coefficient (Wildman–Crippen LogP) is 2.24. The van der Waals surface area contributed by atoms with Gasteiger partial charge in [-0.25, -0.2) is 4.98 Å². The Morgan fingerprint density at radius 1 is 1.45 bits per heavy atom. The number of hydrogen-bond donors (Lipinski definition) is 0. The van der Waals surface area contributed by atoms with Crippen molar-refractivity contribution in [2.24, 2.45) is 0 Å². The summed E-state index contributed by atoms with van der Waals surface area (Å²) < 4.78 is 7.29. The first-order valence-corrected chi connectivity index (χ1v) is 7.01. The second-order valence-electron chi connectivity index (χ2n) is 5.13. The number of morpholine rings is 1. The Balaban J connectivity index is 2.02. The van der Waals surface area contributed by atoms with Crippen molar-refractivity contribution in [3.05, 3.63) is 35.2 Å². The largest absolute Gasteiger partial charge is 0.375 e. The van der Waals surface area contributed by atoms with Crippen LogP contribution in [0.25, 0.3) is 5.65 Å². The van der Waals surface area contributed by atoms with E-state index in [1.807, 2.05) is 32.0 Å². The Morgan fingerprint density at radius 2 is 2.25 bits per heavy atom. The highest BCUT2D eigenvalue weighted by Crippen LogP contribution is 2.22. The van der Waals surface area contributed by atoms with Crippen LogP contribution >= 0.6 is 11.6 Å². The molecule has 1 aliphatic heterocycles. The molecule has 5 nitrogen and oxygen atoms in total. The van der Waals surface area contributed by atoms with Gasteiger partial charge in [0.1, 0.15) is 5.65 Å². The van der Waals surface area contributed by atoms with Gasteiger partial charge in [-0.1, -0.05) is 17.7 Å². The number of aromatic nitrogens is 2. The Kier molecular flexibility index (Phi) is 3.40. The summed E-state index contributed by atoms with van der Waals surface area (Å²) in [5.41, 5.74) is 1.10. The van der Waals surface area contributed by atoms with Gasteiger partial charge in [0.2, 0.25) is 0 Å². The van der Waals surface area contributed by atoms with Gasteiger partial charge in [-0.3, -0.25) is 9.20 Å². The zero-order valence-electron chi connectivity index (χ0n) is 11.4. The van der Waals surface area contributed by atoms with Crippen LogP contribution in [0.1, 0.15) is 24.3 Å². The molecule has 0 unspecified atom stereocenters. The molecular formula is C14H16ClN3O2. The number of ether oxygens (including phenoxy) is 1. The van der Waals surface area contributed by atoms with Gasteiger partial charge in [0.25, 0.3) is 5.91 Å². The van der Waals surface area contributed by atoms with E-state index in [0.717, 1.165) is 0 Å². The van der Waals surface area contributed by atoms with Crippen molar-refractivity contribution in [1.29, 1.82) is 0 Å². The minimum absolute atomic E-state index is 0.0315. The molecule has 3 heterocycles.